The Hall–Kier alpha value is -1.59. The zero-order valence-corrected chi connectivity index (χ0v) is 14.9. The Morgan fingerprint density at radius 3 is 2.88 bits per heavy atom. The van der Waals surface area contributed by atoms with E-state index in [1.165, 1.54) is 5.56 Å². The zero-order valence-electron chi connectivity index (χ0n) is 14.9. The average Bonchev–Trinajstić information content (AvgIpc) is 2.59. The molecule has 1 atom stereocenters. The summed E-state index contributed by atoms with van der Waals surface area (Å²) in [5.74, 6) is -0.00751. The summed E-state index contributed by atoms with van der Waals surface area (Å²) in [6, 6.07) is 8.16. The van der Waals surface area contributed by atoms with Crippen LogP contribution in [-0.4, -0.2) is 60.2 Å². The second-order valence-corrected chi connectivity index (χ2v) is 6.44. The highest BCUT2D eigenvalue weighted by Gasteiger charge is 2.25. The average molecular weight is 334 g/mol. The highest BCUT2D eigenvalue weighted by molar-refractivity contribution is 5.70. The molecule has 1 heterocycles. The minimum Gasteiger partial charge on any atom is -0.492 e. The number of benzene rings is 1. The molecule has 0 spiro atoms. The lowest BCUT2D eigenvalue weighted by atomic mass is 9.98. The van der Waals surface area contributed by atoms with Crippen LogP contribution in [0.1, 0.15) is 32.3 Å². The Balaban J connectivity index is 1.84. The first-order valence-electron chi connectivity index (χ1n) is 9.01. The van der Waals surface area contributed by atoms with E-state index in [2.05, 4.69) is 35.8 Å². The molecule has 0 amide bonds. The number of aliphatic carboxylic acids is 1. The van der Waals surface area contributed by atoms with E-state index in [0.717, 1.165) is 51.3 Å². The third-order valence-electron chi connectivity index (χ3n) is 4.73. The molecule has 1 aromatic carbocycles. The Morgan fingerprint density at radius 1 is 1.38 bits per heavy atom. The number of ether oxygens (including phenoxy) is 1. The lowest BCUT2D eigenvalue weighted by Gasteiger charge is -2.30. The quantitative estimate of drug-likeness (QED) is 0.752. The summed E-state index contributed by atoms with van der Waals surface area (Å²) in [6.07, 6.45) is 1.75. The van der Waals surface area contributed by atoms with Gasteiger partial charge >= 0.3 is 5.97 Å². The summed E-state index contributed by atoms with van der Waals surface area (Å²) in [7, 11) is 0. The first-order chi connectivity index (χ1) is 11.6. The fourth-order valence-corrected chi connectivity index (χ4v) is 3.22. The molecule has 1 aliphatic heterocycles. The lowest BCUT2D eigenvalue weighted by Crippen LogP contribution is -2.38. The third kappa shape index (κ3) is 5.80. The molecule has 5 heteroatoms. The molecule has 1 unspecified atom stereocenters. The minimum atomic E-state index is -0.673. The van der Waals surface area contributed by atoms with Crippen LogP contribution in [-0.2, 0) is 11.3 Å². The highest BCUT2D eigenvalue weighted by Crippen LogP contribution is 2.20. The van der Waals surface area contributed by atoms with Gasteiger partial charge in [-0.15, -0.1) is 0 Å². The summed E-state index contributed by atoms with van der Waals surface area (Å²) >= 11 is 0. The predicted octanol–water partition coefficient (Wildman–Crippen LogP) is 2.70. The number of carboxylic acids is 1. The maximum absolute atomic E-state index is 11.2. The topological polar surface area (TPSA) is 53.0 Å². The van der Waals surface area contributed by atoms with Crippen LogP contribution >= 0.6 is 0 Å². The molecule has 134 valence electrons. The Kier molecular flexibility index (Phi) is 7.53. The van der Waals surface area contributed by atoms with Crippen LogP contribution in [0.4, 0.5) is 0 Å². The van der Waals surface area contributed by atoms with E-state index in [-0.39, 0.29) is 5.92 Å². The number of likely N-dealkylation sites (N-methyl/N-ethyl adjacent to an activating group) is 1. The molecule has 0 saturated carbocycles. The second kappa shape index (κ2) is 9.64. The van der Waals surface area contributed by atoms with Crippen molar-refractivity contribution >= 4 is 5.97 Å². The fourth-order valence-electron chi connectivity index (χ4n) is 3.22. The molecule has 5 nitrogen and oxygen atoms in total. The second-order valence-electron chi connectivity index (χ2n) is 6.44. The van der Waals surface area contributed by atoms with Crippen LogP contribution < -0.4 is 4.74 Å². The van der Waals surface area contributed by atoms with E-state index >= 15 is 0 Å². The van der Waals surface area contributed by atoms with Gasteiger partial charge in [-0.2, -0.15) is 0 Å². The fraction of sp³-hybridized carbons (Fsp3) is 0.632. The molecule has 1 saturated heterocycles. The Labute approximate surface area is 145 Å². The van der Waals surface area contributed by atoms with Crippen LogP contribution in [0, 0.1) is 5.92 Å². The molecular weight excluding hydrogens is 304 g/mol. The highest BCUT2D eigenvalue weighted by atomic mass is 16.5. The van der Waals surface area contributed by atoms with Crippen LogP contribution in [0.5, 0.6) is 5.75 Å². The first-order valence-corrected chi connectivity index (χ1v) is 9.01. The van der Waals surface area contributed by atoms with Gasteiger partial charge in [-0.1, -0.05) is 26.0 Å². The SMILES string of the molecule is CCN(CC)CCOc1cccc(CN2CCCC(C(=O)O)C2)c1. The Morgan fingerprint density at radius 2 is 2.17 bits per heavy atom. The maximum Gasteiger partial charge on any atom is 0.307 e. The van der Waals surface area contributed by atoms with E-state index in [1.807, 2.05) is 12.1 Å². The molecule has 0 radical (unpaired) electrons. The van der Waals surface area contributed by atoms with Crippen molar-refractivity contribution in [3.63, 3.8) is 0 Å². The van der Waals surface area contributed by atoms with Crippen molar-refractivity contribution < 1.29 is 14.6 Å². The number of rotatable bonds is 9. The molecule has 0 aromatic heterocycles. The lowest BCUT2D eigenvalue weighted by molar-refractivity contribution is -0.143. The van der Waals surface area contributed by atoms with Crippen LogP contribution in [0.2, 0.25) is 0 Å². The van der Waals surface area contributed by atoms with Crippen molar-refractivity contribution in [1.29, 1.82) is 0 Å². The van der Waals surface area contributed by atoms with Crippen LogP contribution in [0.3, 0.4) is 0 Å². The van der Waals surface area contributed by atoms with Gasteiger partial charge in [0, 0.05) is 19.6 Å². The normalized spacial score (nSPS) is 18.7. The van der Waals surface area contributed by atoms with E-state index in [1.54, 1.807) is 0 Å². The first kappa shape index (κ1) is 18.7. The molecule has 0 bridgehead atoms. The predicted molar refractivity (Wildman–Crippen MR) is 95.4 cm³/mol. The maximum atomic E-state index is 11.2. The van der Waals surface area contributed by atoms with Crippen LogP contribution in [0.15, 0.2) is 24.3 Å². The number of carboxylic acid groups (broad SMARTS) is 1. The van der Waals surface area contributed by atoms with Crippen molar-refractivity contribution in [3.05, 3.63) is 29.8 Å². The van der Waals surface area contributed by atoms with E-state index < -0.39 is 5.97 Å². The van der Waals surface area contributed by atoms with E-state index in [0.29, 0.717) is 13.2 Å². The van der Waals surface area contributed by atoms with Crippen molar-refractivity contribution in [3.8, 4) is 5.75 Å². The molecule has 1 aliphatic rings. The third-order valence-corrected chi connectivity index (χ3v) is 4.73. The number of nitrogens with zero attached hydrogens (tertiary/aromatic N) is 2. The van der Waals surface area contributed by atoms with Gasteiger partial charge in [0.15, 0.2) is 0 Å². The van der Waals surface area contributed by atoms with Crippen molar-refractivity contribution in [2.45, 2.75) is 33.2 Å². The van der Waals surface area contributed by atoms with Gasteiger partial charge < -0.3 is 14.7 Å². The van der Waals surface area contributed by atoms with Gasteiger partial charge in [-0.05, 0) is 50.2 Å². The standard InChI is InChI=1S/C19H30N2O3/c1-3-20(4-2)11-12-24-18-9-5-7-16(13-18)14-21-10-6-8-17(15-21)19(22)23/h5,7,9,13,17H,3-4,6,8,10-12,14-15H2,1-2H3,(H,22,23). The Bertz CT molecular complexity index is 517. The summed E-state index contributed by atoms with van der Waals surface area (Å²) in [6.45, 7) is 10.4. The monoisotopic (exact) mass is 334 g/mol. The number of carbonyl (C=O) groups is 1. The summed E-state index contributed by atoms with van der Waals surface area (Å²) in [5.41, 5.74) is 1.18. The molecule has 0 aliphatic carbocycles. The smallest absolute Gasteiger partial charge is 0.307 e. The van der Waals surface area contributed by atoms with Crippen molar-refractivity contribution in [1.82, 2.24) is 9.80 Å². The number of hydrogen-bond acceptors (Lipinski definition) is 4. The van der Waals surface area contributed by atoms with E-state index in [9.17, 15) is 9.90 Å². The van der Waals surface area contributed by atoms with Gasteiger partial charge in [0.05, 0.1) is 5.92 Å². The zero-order chi connectivity index (χ0) is 17.4. The van der Waals surface area contributed by atoms with Crippen molar-refractivity contribution in [2.24, 2.45) is 5.92 Å². The van der Waals surface area contributed by atoms with Gasteiger partial charge in [-0.25, -0.2) is 0 Å². The van der Waals surface area contributed by atoms with Gasteiger partial charge in [0.2, 0.25) is 0 Å². The molecule has 1 fully saturated rings. The number of hydrogen-bond donors (Lipinski definition) is 1. The van der Waals surface area contributed by atoms with E-state index in [4.69, 9.17) is 4.74 Å². The largest absolute Gasteiger partial charge is 0.492 e. The number of likely N-dealkylation sites (tertiary alicyclic amines) is 1. The van der Waals surface area contributed by atoms with Crippen molar-refractivity contribution in [2.75, 3.05) is 39.3 Å². The molecule has 1 N–H and O–H groups in total. The summed E-state index contributed by atoms with van der Waals surface area (Å²) in [5, 5.41) is 9.20. The molecular formula is C19H30N2O3. The summed E-state index contributed by atoms with van der Waals surface area (Å²) in [4.78, 5) is 15.7. The molecule has 24 heavy (non-hydrogen) atoms. The van der Waals surface area contributed by atoms with Gasteiger partial charge in [-0.3, -0.25) is 9.69 Å². The molecule has 2 rings (SSSR count). The van der Waals surface area contributed by atoms with Crippen LogP contribution in [0.25, 0.3) is 0 Å². The van der Waals surface area contributed by atoms with Gasteiger partial charge in [0.25, 0.3) is 0 Å². The number of piperidine rings is 1. The van der Waals surface area contributed by atoms with Gasteiger partial charge in [0.1, 0.15) is 12.4 Å². The molecule has 1 aromatic rings. The minimum absolute atomic E-state index is 0.229. The summed E-state index contributed by atoms with van der Waals surface area (Å²) < 4.78 is 5.88.